The number of hydrogen-bond donors (Lipinski definition) is 1. The molecule has 7 heteroatoms. The number of rotatable bonds is 4. The second-order valence-electron chi connectivity index (χ2n) is 9.02. The van der Waals surface area contributed by atoms with Crippen molar-refractivity contribution in [2.24, 2.45) is 5.92 Å². The van der Waals surface area contributed by atoms with Crippen LogP contribution in [0.15, 0.2) is 65.1 Å². The fourth-order valence-electron chi connectivity index (χ4n) is 5.65. The van der Waals surface area contributed by atoms with Crippen LogP contribution in [0.1, 0.15) is 41.8 Å². The van der Waals surface area contributed by atoms with E-state index in [9.17, 15) is 19.1 Å². The summed E-state index contributed by atoms with van der Waals surface area (Å²) in [6, 6.07) is 16.5. The summed E-state index contributed by atoms with van der Waals surface area (Å²) in [6.07, 6.45) is 0.533. The summed E-state index contributed by atoms with van der Waals surface area (Å²) in [5, 5.41) is 10.1. The monoisotopic (exact) mass is 527 g/mol. The molecule has 4 nitrogen and oxygen atoms in total. The summed E-state index contributed by atoms with van der Waals surface area (Å²) in [5.74, 6) is -1.61. The minimum atomic E-state index is -1.10. The maximum absolute atomic E-state index is 14.5. The predicted molar refractivity (Wildman–Crippen MR) is 129 cm³/mol. The number of fused-ring (bicyclic) bond motifs is 2. The van der Waals surface area contributed by atoms with Gasteiger partial charge in [-0.3, -0.25) is 9.69 Å². The molecule has 1 fully saturated rings. The van der Waals surface area contributed by atoms with Crippen molar-refractivity contribution < 1.29 is 19.1 Å². The summed E-state index contributed by atoms with van der Waals surface area (Å²) in [5.41, 5.74) is 1.19. The van der Waals surface area contributed by atoms with Crippen molar-refractivity contribution in [2.45, 2.75) is 31.1 Å². The molecule has 1 N–H and O–H groups in total. The fourth-order valence-corrected chi connectivity index (χ4v) is 6.25. The number of benzene rings is 3. The van der Waals surface area contributed by atoms with Crippen molar-refractivity contribution in [3.05, 3.63) is 92.7 Å². The number of amides is 1. The minimum absolute atomic E-state index is 0.0559. The average Bonchev–Trinajstić information content (AvgIpc) is 3.41. The van der Waals surface area contributed by atoms with Crippen molar-refractivity contribution in [2.75, 3.05) is 4.90 Å². The predicted octanol–water partition coefficient (Wildman–Crippen LogP) is 6.85. The van der Waals surface area contributed by atoms with E-state index in [-0.39, 0.29) is 17.4 Å². The van der Waals surface area contributed by atoms with Crippen LogP contribution in [0.2, 0.25) is 5.02 Å². The first-order valence-electron chi connectivity index (χ1n) is 10.6. The molecule has 0 bridgehead atoms. The van der Waals surface area contributed by atoms with Crippen LogP contribution in [0.3, 0.4) is 0 Å². The average molecular weight is 529 g/mol. The molecule has 1 spiro atoms. The Bertz CT molecular complexity index is 1330. The van der Waals surface area contributed by atoms with Gasteiger partial charge in [0.2, 0.25) is 5.91 Å². The topological polar surface area (TPSA) is 57.6 Å². The van der Waals surface area contributed by atoms with Crippen LogP contribution in [0.25, 0.3) is 0 Å². The van der Waals surface area contributed by atoms with E-state index < -0.39 is 22.6 Å². The Labute approximate surface area is 204 Å². The molecule has 0 saturated heterocycles. The highest BCUT2D eigenvalue weighted by Crippen LogP contribution is 2.73. The summed E-state index contributed by atoms with van der Waals surface area (Å²) in [4.78, 5) is 27.4. The molecule has 1 amide bonds. The van der Waals surface area contributed by atoms with E-state index in [1.165, 1.54) is 29.2 Å². The van der Waals surface area contributed by atoms with Crippen LogP contribution >= 0.6 is 27.5 Å². The third-order valence-corrected chi connectivity index (χ3v) is 7.85. The zero-order chi connectivity index (χ0) is 23.7. The largest absolute Gasteiger partial charge is 0.478 e. The number of hydrogen-bond acceptors (Lipinski definition) is 2. The first-order valence-corrected chi connectivity index (χ1v) is 11.7. The molecule has 1 heterocycles. The van der Waals surface area contributed by atoms with Crippen molar-refractivity contribution in [3.63, 3.8) is 0 Å². The molecule has 1 saturated carbocycles. The van der Waals surface area contributed by atoms with E-state index in [1.54, 1.807) is 12.1 Å². The van der Waals surface area contributed by atoms with Crippen LogP contribution in [0.5, 0.6) is 0 Å². The van der Waals surface area contributed by atoms with Crippen molar-refractivity contribution in [1.82, 2.24) is 0 Å². The first-order chi connectivity index (χ1) is 15.6. The number of nitrogens with zero attached hydrogens (tertiary/aromatic N) is 1. The van der Waals surface area contributed by atoms with Gasteiger partial charge in [0, 0.05) is 14.9 Å². The van der Waals surface area contributed by atoms with Crippen molar-refractivity contribution in [3.8, 4) is 0 Å². The van der Waals surface area contributed by atoms with Gasteiger partial charge in [-0.05, 0) is 72.0 Å². The standard InChI is InChI=1S/C26H20BrClFNO3/c1-14(2)25(16-3-5-18(28)6-4-16)13-26(25)21-12-19(29)7-8-22(21)30(24(26)33)20-10-15(23(31)32)9-17(27)11-20/h3-12,14H,13H2,1-2H3,(H,31,32). The number of carbonyl (C=O) groups excluding carboxylic acids is 1. The van der Waals surface area contributed by atoms with Gasteiger partial charge in [0.1, 0.15) is 5.82 Å². The number of halogens is 3. The van der Waals surface area contributed by atoms with Gasteiger partial charge in [0.05, 0.1) is 22.4 Å². The van der Waals surface area contributed by atoms with Crippen molar-refractivity contribution in [1.29, 1.82) is 0 Å². The summed E-state index contributed by atoms with van der Waals surface area (Å²) in [7, 11) is 0. The number of aromatic carboxylic acids is 1. The normalized spacial score (nSPS) is 23.3. The second kappa shape index (κ2) is 7.40. The molecule has 2 atom stereocenters. The summed E-state index contributed by atoms with van der Waals surface area (Å²) >= 11 is 9.48. The van der Waals surface area contributed by atoms with Gasteiger partial charge in [0.15, 0.2) is 0 Å². The van der Waals surface area contributed by atoms with Crippen LogP contribution in [0, 0.1) is 11.7 Å². The highest BCUT2D eigenvalue weighted by molar-refractivity contribution is 9.10. The zero-order valence-electron chi connectivity index (χ0n) is 17.9. The molecule has 0 aromatic heterocycles. The Morgan fingerprint density at radius 1 is 1.12 bits per heavy atom. The van der Waals surface area contributed by atoms with E-state index in [4.69, 9.17) is 11.6 Å². The van der Waals surface area contributed by atoms with Gasteiger partial charge in [-0.1, -0.05) is 53.5 Å². The Morgan fingerprint density at radius 2 is 1.82 bits per heavy atom. The number of carboxylic acid groups (broad SMARTS) is 1. The fraction of sp³-hybridized carbons (Fsp3) is 0.231. The first kappa shape index (κ1) is 22.1. The van der Waals surface area contributed by atoms with E-state index in [0.717, 1.165) is 5.56 Å². The van der Waals surface area contributed by atoms with Crippen LogP contribution in [-0.4, -0.2) is 17.0 Å². The Kier molecular flexibility index (Phi) is 4.96. The summed E-state index contributed by atoms with van der Waals surface area (Å²) < 4.78 is 15.0. The van der Waals surface area contributed by atoms with Gasteiger partial charge >= 0.3 is 5.97 Å². The molecule has 168 valence electrons. The van der Waals surface area contributed by atoms with E-state index in [2.05, 4.69) is 29.8 Å². The highest BCUT2D eigenvalue weighted by atomic mass is 79.9. The third-order valence-electron chi connectivity index (χ3n) is 7.14. The Morgan fingerprint density at radius 3 is 2.45 bits per heavy atom. The molecule has 2 aliphatic rings. The maximum Gasteiger partial charge on any atom is 0.335 e. The molecule has 1 aliphatic carbocycles. The minimum Gasteiger partial charge on any atom is -0.478 e. The van der Waals surface area contributed by atoms with Crippen LogP contribution in [-0.2, 0) is 15.6 Å². The molecular weight excluding hydrogens is 509 g/mol. The molecule has 3 aromatic rings. The smallest absolute Gasteiger partial charge is 0.335 e. The Balaban J connectivity index is 1.74. The quantitative estimate of drug-likeness (QED) is 0.403. The van der Waals surface area contributed by atoms with Gasteiger partial charge in [-0.15, -0.1) is 0 Å². The second-order valence-corrected chi connectivity index (χ2v) is 10.4. The molecule has 33 heavy (non-hydrogen) atoms. The molecule has 5 rings (SSSR count). The summed E-state index contributed by atoms with van der Waals surface area (Å²) in [6.45, 7) is 4.14. The molecule has 1 aliphatic heterocycles. The molecule has 2 unspecified atom stereocenters. The lowest BCUT2D eigenvalue weighted by Crippen LogP contribution is -2.36. The molecular formula is C26H20BrClFNO3. The van der Waals surface area contributed by atoms with Crippen molar-refractivity contribution >= 4 is 50.8 Å². The van der Waals surface area contributed by atoms with Crippen LogP contribution in [0.4, 0.5) is 15.8 Å². The van der Waals surface area contributed by atoms with E-state index in [0.29, 0.717) is 32.9 Å². The van der Waals surface area contributed by atoms with Gasteiger partial charge < -0.3 is 5.11 Å². The van der Waals surface area contributed by atoms with Gasteiger partial charge in [-0.25, -0.2) is 9.18 Å². The van der Waals surface area contributed by atoms with E-state index >= 15 is 0 Å². The molecule has 3 aromatic carbocycles. The highest BCUT2D eigenvalue weighted by Gasteiger charge is 2.78. The number of carboxylic acids is 1. The Hall–Kier alpha value is -2.70. The SMILES string of the molecule is CC(C)C1(c2ccc(Cl)cc2)CC12C(=O)N(c1cc(Br)cc(C(=O)O)c1)c1ccc(F)cc12. The maximum atomic E-state index is 14.5. The lowest BCUT2D eigenvalue weighted by atomic mass is 9.75. The zero-order valence-corrected chi connectivity index (χ0v) is 20.2. The number of carbonyl (C=O) groups is 2. The number of anilines is 2. The molecule has 0 radical (unpaired) electrons. The van der Waals surface area contributed by atoms with Gasteiger partial charge in [0.25, 0.3) is 0 Å². The van der Waals surface area contributed by atoms with Crippen LogP contribution < -0.4 is 4.90 Å². The van der Waals surface area contributed by atoms with E-state index in [1.807, 2.05) is 24.3 Å². The lowest BCUT2D eigenvalue weighted by molar-refractivity contribution is -0.120. The van der Waals surface area contributed by atoms with Gasteiger partial charge in [-0.2, -0.15) is 0 Å². The lowest BCUT2D eigenvalue weighted by Gasteiger charge is -2.27. The third kappa shape index (κ3) is 3.00.